The van der Waals surface area contributed by atoms with Crippen LogP contribution in [0.1, 0.15) is 26.5 Å². The summed E-state index contributed by atoms with van der Waals surface area (Å²) in [6.45, 7) is 6.45. The highest BCUT2D eigenvalue weighted by Gasteiger charge is 2.19. The van der Waals surface area contributed by atoms with E-state index in [2.05, 4.69) is 15.1 Å². The van der Waals surface area contributed by atoms with Crippen LogP contribution in [-0.2, 0) is 12.1 Å². The number of aromatic nitrogens is 4. The maximum absolute atomic E-state index is 5.66. The van der Waals surface area contributed by atoms with Crippen molar-refractivity contribution in [3.63, 3.8) is 0 Å². The SMILES string of the molecule is COc1cccc(COc2ncnn2C(C)(C)C)n1. The average Bonchev–Trinajstić information content (AvgIpc) is 2.85. The zero-order chi connectivity index (χ0) is 13.9. The van der Waals surface area contributed by atoms with Gasteiger partial charge in [0, 0.05) is 6.07 Å². The zero-order valence-electron chi connectivity index (χ0n) is 11.6. The minimum absolute atomic E-state index is 0.173. The summed E-state index contributed by atoms with van der Waals surface area (Å²) in [5.74, 6) is 0.568. The standard InChI is InChI=1S/C13H18N4O2/c1-13(2,3)17-12(14-9-15-17)19-8-10-6-5-7-11(16-10)18-4/h5-7,9H,8H2,1-4H3. The second-order valence-electron chi connectivity index (χ2n) is 5.09. The largest absolute Gasteiger partial charge is 0.481 e. The fourth-order valence-electron chi connectivity index (χ4n) is 1.58. The van der Waals surface area contributed by atoms with E-state index in [1.54, 1.807) is 17.9 Å². The maximum atomic E-state index is 5.66. The van der Waals surface area contributed by atoms with E-state index in [0.29, 0.717) is 18.5 Å². The molecule has 0 saturated carbocycles. The van der Waals surface area contributed by atoms with Gasteiger partial charge in [-0.05, 0) is 26.8 Å². The molecule has 0 saturated heterocycles. The molecule has 0 aromatic carbocycles. The Labute approximate surface area is 112 Å². The van der Waals surface area contributed by atoms with E-state index in [1.807, 2.05) is 32.9 Å². The molecular formula is C13H18N4O2. The third kappa shape index (κ3) is 3.21. The van der Waals surface area contributed by atoms with Crippen molar-refractivity contribution in [2.45, 2.75) is 32.9 Å². The highest BCUT2D eigenvalue weighted by Crippen LogP contribution is 2.19. The molecule has 0 amide bonds. The van der Waals surface area contributed by atoms with Crippen LogP contribution in [0.15, 0.2) is 24.5 Å². The van der Waals surface area contributed by atoms with Crippen molar-refractivity contribution >= 4 is 0 Å². The van der Waals surface area contributed by atoms with Crippen LogP contribution < -0.4 is 9.47 Å². The van der Waals surface area contributed by atoms with E-state index in [9.17, 15) is 0 Å². The maximum Gasteiger partial charge on any atom is 0.315 e. The number of ether oxygens (including phenoxy) is 2. The Hall–Kier alpha value is -2.11. The minimum Gasteiger partial charge on any atom is -0.481 e. The van der Waals surface area contributed by atoms with Gasteiger partial charge >= 0.3 is 6.01 Å². The molecule has 2 rings (SSSR count). The molecule has 102 valence electrons. The summed E-state index contributed by atoms with van der Waals surface area (Å²) < 4.78 is 12.5. The molecule has 19 heavy (non-hydrogen) atoms. The Morgan fingerprint density at radius 2 is 2.05 bits per heavy atom. The molecule has 0 bridgehead atoms. The number of methoxy groups -OCH3 is 1. The summed E-state index contributed by atoms with van der Waals surface area (Å²) in [4.78, 5) is 8.39. The monoisotopic (exact) mass is 262 g/mol. The van der Waals surface area contributed by atoms with Crippen LogP contribution >= 0.6 is 0 Å². The van der Waals surface area contributed by atoms with E-state index < -0.39 is 0 Å². The minimum atomic E-state index is -0.173. The Bertz CT molecular complexity index is 546. The third-order valence-electron chi connectivity index (χ3n) is 2.49. The van der Waals surface area contributed by atoms with E-state index in [0.717, 1.165) is 5.69 Å². The van der Waals surface area contributed by atoms with Gasteiger partial charge in [-0.2, -0.15) is 10.1 Å². The van der Waals surface area contributed by atoms with Crippen molar-refractivity contribution in [3.05, 3.63) is 30.2 Å². The lowest BCUT2D eigenvalue weighted by Gasteiger charge is -2.20. The summed E-state index contributed by atoms with van der Waals surface area (Å²) in [7, 11) is 1.59. The van der Waals surface area contributed by atoms with Gasteiger partial charge in [0.05, 0.1) is 18.3 Å². The van der Waals surface area contributed by atoms with Gasteiger partial charge in [-0.3, -0.25) is 0 Å². The molecule has 0 atom stereocenters. The Balaban J connectivity index is 2.08. The van der Waals surface area contributed by atoms with Crippen LogP contribution in [0, 0.1) is 0 Å². The Kier molecular flexibility index (Phi) is 3.69. The first-order valence-corrected chi connectivity index (χ1v) is 6.04. The van der Waals surface area contributed by atoms with Gasteiger partial charge < -0.3 is 9.47 Å². The van der Waals surface area contributed by atoms with E-state index in [-0.39, 0.29) is 5.54 Å². The van der Waals surface area contributed by atoms with Gasteiger partial charge in [-0.25, -0.2) is 9.67 Å². The predicted octanol–water partition coefficient (Wildman–Crippen LogP) is 2.02. The van der Waals surface area contributed by atoms with Crippen LogP contribution in [0.25, 0.3) is 0 Å². The predicted molar refractivity (Wildman–Crippen MR) is 70.1 cm³/mol. The van der Waals surface area contributed by atoms with Crippen molar-refractivity contribution in [2.24, 2.45) is 0 Å². The van der Waals surface area contributed by atoms with Crippen molar-refractivity contribution < 1.29 is 9.47 Å². The van der Waals surface area contributed by atoms with Crippen molar-refractivity contribution in [2.75, 3.05) is 7.11 Å². The van der Waals surface area contributed by atoms with Crippen LogP contribution in [0.2, 0.25) is 0 Å². The lowest BCUT2D eigenvalue weighted by Crippen LogP contribution is -2.24. The first-order valence-electron chi connectivity index (χ1n) is 6.04. The topological polar surface area (TPSA) is 62.1 Å². The van der Waals surface area contributed by atoms with Crippen molar-refractivity contribution in [3.8, 4) is 11.9 Å². The molecule has 0 unspecified atom stereocenters. The summed E-state index contributed by atoms with van der Waals surface area (Å²) in [6.07, 6.45) is 1.49. The first kappa shape index (κ1) is 13.3. The average molecular weight is 262 g/mol. The molecule has 6 heteroatoms. The van der Waals surface area contributed by atoms with E-state index >= 15 is 0 Å². The van der Waals surface area contributed by atoms with Crippen LogP contribution in [0.3, 0.4) is 0 Å². The van der Waals surface area contributed by atoms with Gasteiger partial charge in [0.15, 0.2) is 0 Å². The summed E-state index contributed by atoms with van der Waals surface area (Å²) in [5.41, 5.74) is 0.607. The number of hydrogen-bond acceptors (Lipinski definition) is 5. The summed E-state index contributed by atoms with van der Waals surface area (Å²) in [5, 5.41) is 4.17. The summed E-state index contributed by atoms with van der Waals surface area (Å²) >= 11 is 0. The fourth-order valence-corrected chi connectivity index (χ4v) is 1.58. The number of rotatable bonds is 4. The van der Waals surface area contributed by atoms with Crippen molar-refractivity contribution in [1.82, 2.24) is 19.7 Å². The van der Waals surface area contributed by atoms with Gasteiger partial charge in [-0.1, -0.05) is 6.07 Å². The molecule has 0 N–H and O–H groups in total. The Morgan fingerprint density at radius 1 is 1.26 bits per heavy atom. The highest BCUT2D eigenvalue weighted by molar-refractivity contribution is 5.15. The molecule has 0 radical (unpaired) electrons. The normalized spacial score (nSPS) is 11.4. The molecule has 6 nitrogen and oxygen atoms in total. The highest BCUT2D eigenvalue weighted by atomic mass is 16.5. The zero-order valence-corrected chi connectivity index (χ0v) is 11.6. The quantitative estimate of drug-likeness (QED) is 0.843. The smallest absolute Gasteiger partial charge is 0.315 e. The first-order chi connectivity index (χ1) is 9.00. The summed E-state index contributed by atoms with van der Waals surface area (Å²) in [6, 6.07) is 6.03. The van der Waals surface area contributed by atoms with Crippen LogP contribution in [0.4, 0.5) is 0 Å². The van der Waals surface area contributed by atoms with Gasteiger partial charge in [0.1, 0.15) is 12.9 Å². The number of pyridine rings is 1. The molecule has 0 aliphatic carbocycles. The number of hydrogen-bond donors (Lipinski definition) is 0. The molecule has 0 spiro atoms. The fraction of sp³-hybridized carbons (Fsp3) is 0.462. The Morgan fingerprint density at radius 3 is 2.74 bits per heavy atom. The van der Waals surface area contributed by atoms with Crippen LogP contribution in [0.5, 0.6) is 11.9 Å². The lowest BCUT2D eigenvalue weighted by atomic mass is 10.1. The second kappa shape index (κ2) is 5.26. The molecule has 0 aliphatic heterocycles. The molecule has 0 aliphatic rings. The van der Waals surface area contributed by atoms with Gasteiger partial charge in [0.25, 0.3) is 0 Å². The van der Waals surface area contributed by atoms with Gasteiger partial charge in [-0.15, -0.1) is 0 Å². The van der Waals surface area contributed by atoms with E-state index in [1.165, 1.54) is 6.33 Å². The molecule has 2 heterocycles. The molecule has 2 aromatic rings. The van der Waals surface area contributed by atoms with Gasteiger partial charge in [0.2, 0.25) is 5.88 Å². The molecule has 0 fully saturated rings. The lowest BCUT2D eigenvalue weighted by molar-refractivity contribution is 0.222. The second-order valence-corrected chi connectivity index (χ2v) is 5.09. The molecule has 2 aromatic heterocycles. The van der Waals surface area contributed by atoms with E-state index in [4.69, 9.17) is 9.47 Å². The number of nitrogens with zero attached hydrogens (tertiary/aromatic N) is 4. The molecular weight excluding hydrogens is 244 g/mol. The van der Waals surface area contributed by atoms with Crippen LogP contribution in [-0.4, -0.2) is 26.9 Å². The third-order valence-corrected chi connectivity index (χ3v) is 2.49. The van der Waals surface area contributed by atoms with Crippen molar-refractivity contribution in [1.29, 1.82) is 0 Å².